The lowest BCUT2D eigenvalue weighted by atomic mass is 10.1. The molecule has 0 bridgehead atoms. The van der Waals surface area contributed by atoms with Crippen LogP contribution in [0.5, 0.6) is 0 Å². The van der Waals surface area contributed by atoms with Gasteiger partial charge in [0.05, 0.1) is 6.10 Å². The maximum Gasteiger partial charge on any atom is 0.171 e. The summed E-state index contributed by atoms with van der Waals surface area (Å²) in [7, 11) is 2.15. The Balaban J connectivity index is 1.75. The predicted octanol–water partition coefficient (Wildman–Crippen LogP) is 0.445. The molecule has 0 spiro atoms. The molecule has 1 saturated heterocycles. The standard InChI is InChI=1S/C10H16N3O/c1-13-6-3-9(4-7-13)14-10-2-5-11-8-12-10/h2,5,9-10H,3-4,6-7H2,1H3,(H,11,12). The van der Waals surface area contributed by atoms with Crippen LogP contribution in [0, 0.1) is 0 Å². The molecule has 0 saturated carbocycles. The third-order valence-electron chi connectivity index (χ3n) is 2.61. The van der Waals surface area contributed by atoms with Gasteiger partial charge in [-0.2, -0.15) is 0 Å². The molecule has 0 amide bonds. The Morgan fingerprint density at radius 1 is 1.50 bits per heavy atom. The molecular weight excluding hydrogens is 178 g/mol. The van der Waals surface area contributed by atoms with Gasteiger partial charge in [0, 0.05) is 19.3 Å². The summed E-state index contributed by atoms with van der Waals surface area (Å²) >= 11 is 0. The molecule has 1 N–H and O–H groups in total. The Bertz CT molecular complexity index is 232. The van der Waals surface area contributed by atoms with Crippen LogP contribution in [0.2, 0.25) is 0 Å². The molecule has 2 heterocycles. The lowest BCUT2D eigenvalue weighted by Gasteiger charge is -2.31. The Morgan fingerprint density at radius 2 is 2.29 bits per heavy atom. The molecule has 14 heavy (non-hydrogen) atoms. The zero-order valence-electron chi connectivity index (χ0n) is 8.44. The summed E-state index contributed by atoms with van der Waals surface area (Å²) in [4.78, 5) is 6.13. The first-order valence-electron chi connectivity index (χ1n) is 5.05. The van der Waals surface area contributed by atoms with E-state index in [1.165, 1.54) is 0 Å². The Hall–Kier alpha value is -0.870. The van der Waals surface area contributed by atoms with Crippen molar-refractivity contribution in [3.8, 4) is 0 Å². The van der Waals surface area contributed by atoms with E-state index < -0.39 is 0 Å². The summed E-state index contributed by atoms with van der Waals surface area (Å²) in [6.45, 7) is 2.25. The average Bonchev–Trinajstić information content (AvgIpc) is 2.23. The summed E-state index contributed by atoms with van der Waals surface area (Å²) in [6, 6.07) is 0. The van der Waals surface area contributed by atoms with Gasteiger partial charge in [-0.25, -0.2) is 4.99 Å². The first-order valence-corrected chi connectivity index (χ1v) is 5.05. The first-order chi connectivity index (χ1) is 6.84. The molecule has 0 aromatic heterocycles. The number of aliphatic imine (C=N–C) groups is 1. The van der Waals surface area contributed by atoms with Crippen molar-refractivity contribution < 1.29 is 4.74 Å². The topological polar surface area (TPSA) is 36.9 Å². The number of likely N-dealkylation sites (tertiary alicyclic amines) is 1. The van der Waals surface area contributed by atoms with E-state index in [2.05, 4.69) is 28.6 Å². The van der Waals surface area contributed by atoms with E-state index in [-0.39, 0.29) is 6.23 Å². The highest BCUT2D eigenvalue weighted by molar-refractivity contribution is 5.57. The van der Waals surface area contributed by atoms with E-state index in [0.717, 1.165) is 25.9 Å². The zero-order chi connectivity index (χ0) is 9.80. The fourth-order valence-electron chi connectivity index (χ4n) is 1.72. The minimum Gasteiger partial charge on any atom is -0.351 e. The summed E-state index contributed by atoms with van der Waals surface area (Å²) in [5.74, 6) is 0. The van der Waals surface area contributed by atoms with Crippen LogP contribution >= 0.6 is 0 Å². The number of nitrogens with zero attached hydrogens (tertiary/aromatic N) is 2. The number of ether oxygens (including phenoxy) is 1. The van der Waals surface area contributed by atoms with Gasteiger partial charge in [0.1, 0.15) is 6.23 Å². The minimum absolute atomic E-state index is 0.0408. The Labute approximate surface area is 84.6 Å². The van der Waals surface area contributed by atoms with Crippen LogP contribution < -0.4 is 5.32 Å². The molecule has 1 fully saturated rings. The van der Waals surface area contributed by atoms with Crippen LogP contribution in [0.1, 0.15) is 12.8 Å². The maximum atomic E-state index is 5.83. The molecular formula is C10H16N3O. The van der Waals surface area contributed by atoms with Crippen LogP contribution in [-0.2, 0) is 4.74 Å². The van der Waals surface area contributed by atoms with Crippen LogP contribution in [0.15, 0.2) is 17.3 Å². The van der Waals surface area contributed by atoms with Crippen molar-refractivity contribution in [1.82, 2.24) is 10.2 Å². The van der Waals surface area contributed by atoms with Crippen molar-refractivity contribution in [2.24, 2.45) is 4.99 Å². The highest BCUT2D eigenvalue weighted by Gasteiger charge is 2.20. The second-order valence-electron chi connectivity index (χ2n) is 3.79. The summed E-state index contributed by atoms with van der Waals surface area (Å²) in [6.07, 6.45) is 8.87. The largest absolute Gasteiger partial charge is 0.351 e. The number of piperidine rings is 1. The number of hydrogen-bond donors (Lipinski definition) is 1. The fraction of sp³-hybridized carbons (Fsp3) is 0.700. The molecule has 4 nitrogen and oxygen atoms in total. The highest BCUT2D eigenvalue weighted by Crippen LogP contribution is 2.14. The van der Waals surface area contributed by atoms with Crippen molar-refractivity contribution in [1.29, 1.82) is 0 Å². The van der Waals surface area contributed by atoms with E-state index in [4.69, 9.17) is 4.74 Å². The Kier molecular flexibility index (Phi) is 3.16. The van der Waals surface area contributed by atoms with Gasteiger partial charge in [-0.3, -0.25) is 0 Å². The second kappa shape index (κ2) is 4.57. The fourth-order valence-corrected chi connectivity index (χ4v) is 1.72. The number of hydrogen-bond acceptors (Lipinski definition) is 4. The molecule has 2 aliphatic heterocycles. The number of nitrogens with one attached hydrogen (secondary N) is 1. The van der Waals surface area contributed by atoms with Gasteiger partial charge < -0.3 is 15.0 Å². The minimum atomic E-state index is -0.0408. The number of rotatable bonds is 2. The van der Waals surface area contributed by atoms with E-state index in [1.54, 1.807) is 6.20 Å². The molecule has 2 rings (SSSR count). The van der Waals surface area contributed by atoms with Gasteiger partial charge in [-0.1, -0.05) is 0 Å². The van der Waals surface area contributed by atoms with E-state index >= 15 is 0 Å². The summed E-state index contributed by atoms with van der Waals surface area (Å²) in [5.41, 5.74) is 0. The van der Waals surface area contributed by atoms with Gasteiger partial charge in [-0.15, -0.1) is 0 Å². The third kappa shape index (κ3) is 2.56. The van der Waals surface area contributed by atoms with Crippen molar-refractivity contribution in [3.63, 3.8) is 0 Å². The first kappa shape index (κ1) is 9.68. The maximum absolute atomic E-state index is 5.83. The van der Waals surface area contributed by atoms with Crippen molar-refractivity contribution >= 4 is 6.34 Å². The Morgan fingerprint density at radius 3 is 2.93 bits per heavy atom. The van der Waals surface area contributed by atoms with Gasteiger partial charge in [0.25, 0.3) is 0 Å². The predicted molar refractivity (Wildman–Crippen MR) is 55.1 cm³/mol. The molecule has 77 valence electrons. The van der Waals surface area contributed by atoms with E-state index in [1.807, 2.05) is 6.08 Å². The smallest absolute Gasteiger partial charge is 0.171 e. The van der Waals surface area contributed by atoms with Crippen molar-refractivity contribution in [3.05, 3.63) is 12.3 Å². The zero-order valence-corrected chi connectivity index (χ0v) is 8.44. The lowest BCUT2D eigenvalue weighted by Crippen LogP contribution is -2.40. The van der Waals surface area contributed by atoms with Gasteiger partial charge in [-0.05, 0) is 26.0 Å². The summed E-state index contributed by atoms with van der Waals surface area (Å²) < 4.78 is 5.83. The molecule has 4 heteroatoms. The molecule has 1 unspecified atom stereocenters. The molecule has 1 atom stereocenters. The quantitative estimate of drug-likeness (QED) is 0.693. The molecule has 1 radical (unpaired) electrons. The van der Waals surface area contributed by atoms with Crippen molar-refractivity contribution in [2.45, 2.75) is 25.2 Å². The lowest BCUT2D eigenvalue weighted by molar-refractivity contribution is -0.0247. The molecule has 0 aromatic carbocycles. The monoisotopic (exact) mass is 194 g/mol. The highest BCUT2D eigenvalue weighted by atomic mass is 16.5. The van der Waals surface area contributed by atoms with Crippen LogP contribution in [-0.4, -0.2) is 43.7 Å². The normalized spacial score (nSPS) is 29.1. The third-order valence-corrected chi connectivity index (χ3v) is 2.61. The van der Waals surface area contributed by atoms with Crippen LogP contribution in [0.3, 0.4) is 0 Å². The molecule has 2 aliphatic rings. The van der Waals surface area contributed by atoms with Crippen LogP contribution in [0.25, 0.3) is 0 Å². The SMILES string of the molecule is CN1CCC(OC2C=CN=[C]N2)CC1. The van der Waals surface area contributed by atoms with Gasteiger partial charge in [0.15, 0.2) is 6.34 Å². The van der Waals surface area contributed by atoms with Crippen LogP contribution in [0.4, 0.5) is 0 Å². The van der Waals surface area contributed by atoms with E-state index in [0.29, 0.717) is 6.10 Å². The van der Waals surface area contributed by atoms with E-state index in [9.17, 15) is 0 Å². The van der Waals surface area contributed by atoms with Gasteiger partial charge >= 0.3 is 0 Å². The molecule has 0 aliphatic carbocycles. The molecule has 0 aromatic rings. The summed E-state index contributed by atoms with van der Waals surface area (Å²) in [5, 5.41) is 2.94. The second-order valence-corrected chi connectivity index (χ2v) is 3.79. The van der Waals surface area contributed by atoms with Gasteiger partial charge in [0.2, 0.25) is 0 Å². The average molecular weight is 194 g/mol. The van der Waals surface area contributed by atoms with Crippen molar-refractivity contribution in [2.75, 3.05) is 20.1 Å².